The van der Waals surface area contributed by atoms with Crippen LogP contribution in [0.3, 0.4) is 0 Å². The van der Waals surface area contributed by atoms with Crippen LogP contribution in [0.1, 0.15) is 16.7 Å². The largest absolute Gasteiger partial charge is 0.326 e. The van der Waals surface area contributed by atoms with E-state index in [9.17, 15) is 4.39 Å². The molecule has 0 atom stereocenters. The predicted octanol–water partition coefficient (Wildman–Crippen LogP) is 3.38. The Labute approximate surface area is 127 Å². The van der Waals surface area contributed by atoms with Crippen LogP contribution in [0.15, 0.2) is 46.9 Å². The second-order valence-electron chi connectivity index (χ2n) is 4.69. The first kappa shape index (κ1) is 15.2. The fraction of sp³-hybridized carbons (Fsp3) is 0.250. The van der Waals surface area contributed by atoms with Gasteiger partial charge in [0.2, 0.25) is 0 Å². The summed E-state index contributed by atoms with van der Waals surface area (Å²) in [6, 6.07) is 13.2. The Kier molecular flexibility index (Phi) is 5.71. The molecule has 0 fully saturated rings. The first-order valence-electron chi connectivity index (χ1n) is 6.61. The molecule has 4 heteroatoms. The molecule has 0 aliphatic carbocycles. The smallest absolute Gasteiger partial charge is 0.126 e. The third-order valence-electron chi connectivity index (χ3n) is 3.14. The Hall–Kier alpha value is -1.23. The molecule has 3 N–H and O–H groups in total. The van der Waals surface area contributed by atoms with E-state index in [1.165, 1.54) is 11.6 Å². The van der Waals surface area contributed by atoms with Gasteiger partial charge in [0.1, 0.15) is 5.82 Å². The Morgan fingerprint density at radius 2 is 1.90 bits per heavy atom. The van der Waals surface area contributed by atoms with Gasteiger partial charge >= 0.3 is 0 Å². The third kappa shape index (κ3) is 4.40. The molecular weight excluding hydrogens is 319 g/mol. The van der Waals surface area contributed by atoms with Crippen molar-refractivity contribution >= 4 is 15.9 Å². The normalized spacial score (nSPS) is 10.8. The van der Waals surface area contributed by atoms with Crippen molar-refractivity contribution in [2.45, 2.75) is 19.5 Å². The number of halogens is 2. The van der Waals surface area contributed by atoms with Crippen LogP contribution in [0.25, 0.3) is 0 Å². The van der Waals surface area contributed by atoms with Gasteiger partial charge in [-0.2, -0.15) is 0 Å². The second-order valence-corrected chi connectivity index (χ2v) is 5.60. The highest BCUT2D eigenvalue weighted by atomic mass is 79.9. The fourth-order valence-corrected chi connectivity index (χ4v) is 2.47. The quantitative estimate of drug-likeness (QED) is 0.793. The molecule has 0 aromatic heterocycles. The van der Waals surface area contributed by atoms with Gasteiger partial charge < -0.3 is 11.1 Å². The predicted molar refractivity (Wildman–Crippen MR) is 83.8 cm³/mol. The zero-order valence-electron chi connectivity index (χ0n) is 11.2. The molecule has 0 spiro atoms. The lowest BCUT2D eigenvalue weighted by Crippen LogP contribution is -2.17. The van der Waals surface area contributed by atoms with Crippen LogP contribution in [0.5, 0.6) is 0 Å². The molecule has 0 amide bonds. The molecule has 20 heavy (non-hydrogen) atoms. The molecule has 0 radical (unpaired) electrons. The number of benzene rings is 2. The molecule has 2 rings (SSSR count). The lowest BCUT2D eigenvalue weighted by atomic mass is 10.1. The summed E-state index contributed by atoms with van der Waals surface area (Å²) >= 11 is 3.36. The van der Waals surface area contributed by atoms with E-state index in [4.69, 9.17) is 5.73 Å². The molecule has 0 aliphatic heterocycles. The molecule has 0 unspecified atom stereocenters. The Balaban J connectivity index is 1.82. The minimum Gasteiger partial charge on any atom is -0.326 e. The van der Waals surface area contributed by atoms with Crippen molar-refractivity contribution in [2.75, 3.05) is 6.54 Å². The average molecular weight is 337 g/mol. The Bertz CT molecular complexity index is 572. The van der Waals surface area contributed by atoms with E-state index in [2.05, 4.69) is 33.4 Å². The van der Waals surface area contributed by atoms with Crippen LogP contribution < -0.4 is 11.1 Å². The number of hydrogen-bond acceptors (Lipinski definition) is 2. The van der Waals surface area contributed by atoms with Crippen molar-refractivity contribution in [2.24, 2.45) is 5.73 Å². The van der Waals surface area contributed by atoms with Gasteiger partial charge in [0.15, 0.2) is 0 Å². The van der Waals surface area contributed by atoms with E-state index in [1.54, 1.807) is 6.07 Å². The molecule has 0 saturated carbocycles. The summed E-state index contributed by atoms with van der Waals surface area (Å²) in [4.78, 5) is 0. The van der Waals surface area contributed by atoms with E-state index < -0.39 is 0 Å². The highest BCUT2D eigenvalue weighted by Gasteiger charge is 2.02. The van der Waals surface area contributed by atoms with Gasteiger partial charge in [0, 0.05) is 17.6 Å². The SMILES string of the molecule is NCc1cccc(CNCCc2cc(Br)ccc2F)c1. The summed E-state index contributed by atoms with van der Waals surface area (Å²) in [6.45, 7) is 2.06. The molecule has 2 nitrogen and oxygen atoms in total. The summed E-state index contributed by atoms with van der Waals surface area (Å²) < 4.78 is 14.5. The van der Waals surface area contributed by atoms with E-state index in [1.807, 2.05) is 18.2 Å². The second kappa shape index (κ2) is 7.53. The summed E-state index contributed by atoms with van der Waals surface area (Å²) in [6.07, 6.45) is 0.669. The summed E-state index contributed by atoms with van der Waals surface area (Å²) in [5, 5.41) is 3.33. The van der Waals surface area contributed by atoms with E-state index >= 15 is 0 Å². The highest BCUT2D eigenvalue weighted by Crippen LogP contribution is 2.15. The van der Waals surface area contributed by atoms with Crippen LogP contribution in [0.2, 0.25) is 0 Å². The van der Waals surface area contributed by atoms with E-state index in [0.717, 1.165) is 28.7 Å². The van der Waals surface area contributed by atoms with Gasteiger partial charge in [-0.3, -0.25) is 0 Å². The van der Waals surface area contributed by atoms with Crippen molar-refractivity contribution in [1.29, 1.82) is 0 Å². The zero-order chi connectivity index (χ0) is 14.4. The van der Waals surface area contributed by atoms with Gasteiger partial charge in [-0.15, -0.1) is 0 Å². The standard InChI is InChI=1S/C16H18BrFN2/c17-15-4-5-16(18)14(9-15)6-7-20-11-13-3-1-2-12(8-13)10-19/h1-5,8-9,20H,6-7,10-11,19H2. The zero-order valence-corrected chi connectivity index (χ0v) is 12.8. The van der Waals surface area contributed by atoms with Crippen molar-refractivity contribution in [3.8, 4) is 0 Å². The fourth-order valence-electron chi connectivity index (χ4n) is 2.06. The Morgan fingerprint density at radius 1 is 1.10 bits per heavy atom. The topological polar surface area (TPSA) is 38.0 Å². The number of nitrogens with one attached hydrogen (secondary N) is 1. The van der Waals surface area contributed by atoms with Crippen LogP contribution in [-0.2, 0) is 19.5 Å². The minimum absolute atomic E-state index is 0.153. The van der Waals surface area contributed by atoms with Gasteiger partial charge in [-0.25, -0.2) is 4.39 Å². The van der Waals surface area contributed by atoms with Crippen molar-refractivity contribution in [3.63, 3.8) is 0 Å². The van der Waals surface area contributed by atoms with Gasteiger partial charge in [0.05, 0.1) is 0 Å². The monoisotopic (exact) mass is 336 g/mol. The molecular formula is C16H18BrFN2. The van der Waals surface area contributed by atoms with E-state index in [0.29, 0.717) is 13.0 Å². The molecule has 2 aromatic rings. The molecule has 106 valence electrons. The van der Waals surface area contributed by atoms with Crippen molar-refractivity contribution < 1.29 is 4.39 Å². The van der Waals surface area contributed by atoms with Crippen LogP contribution >= 0.6 is 15.9 Å². The lowest BCUT2D eigenvalue weighted by Gasteiger charge is -2.07. The molecule has 0 aliphatic rings. The van der Waals surface area contributed by atoms with Crippen LogP contribution in [-0.4, -0.2) is 6.54 Å². The van der Waals surface area contributed by atoms with Crippen LogP contribution in [0.4, 0.5) is 4.39 Å². The number of nitrogens with two attached hydrogens (primary N) is 1. The maximum Gasteiger partial charge on any atom is 0.126 e. The maximum atomic E-state index is 13.6. The molecule has 0 heterocycles. The summed E-state index contributed by atoms with van der Waals surface area (Å²) in [5.74, 6) is -0.153. The first-order chi connectivity index (χ1) is 9.69. The molecule has 2 aromatic carbocycles. The van der Waals surface area contributed by atoms with Crippen molar-refractivity contribution in [1.82, 2.24) is 5.32 Å². The van der Waals surface area contributed by atoms with Gasteiger partial charge in [-0.1, -0.05) is 40.2 Å². The average Bonchev–Trinajstić information content (AvgIpc) is 2.47. The number of rotatable bonds is 6. The maximum absolute atomic E-state index is 13.6. The van der Waals surface area contributed by atoms with E-state index in [-0.39, 0.29) is 5.82 Å². The molecule has 0 bridgehead atoms. The van der Waals surface area contributed by atoms with Crippen molar-refractivity contribution in [3.05, 3.63) is 69.4 Å². The molecule has 0 saturated heterocycles. The lowest BCUT2D eigenvalue weighted by molar-refractivity contribution is 0.597. The first-order valence-corrected chi connectivity index (χ1v) is 7.41. The highest BCUT2D eigenvalue weighted by molar-refractivity contribution is 9.10. The summed E-state index contributed by atoms with van der Waals surface area (Å²) in [5.41, 5.74) is 8.66. The van der Waals surface area contributed by atoms with Crippen LogP contribution in [0, 0.1) is 5.82 Å². The van der Waals surface area contributed by atoms with Gasteiger partial charge in [0.25, 0.3) is 0 Å². The van der Waals surface area contributed by atoms with Gasteiger partial charge in [-0.05, 0) is 47.9 Å². The summed E-state index contributed by atoms with van der Waals surface area (Å²) in [7, 11) is 0. The minimum atomic E-state index is -0.153. The number of hydrogen-bond donors (Lipinski definition) is 2. The third-order valence-corrected chi connectivity index (χ3v) is 3.63. The Morgan fingerprint density at radius 3 is 2.70 bits per heavy atom.